The molecule has 0 fully saturated rings. The normalized spacial score (nSPS) is 10.6. The molecule has 0 saturated carbocycles. The maximum Gasteiger partial charge on any atom is 3.00 e. The molecule has 61 heavy (non-hydrogen) atoms. The average molecular weight is 1170 g/mol. The van der Waals surface area contributed by atoms with Crippen molar-refractivity contribution in [1.29, 1.82) is 0 Å². The summed E-state index contributed by atoms with van der Waals surface area (Å²) in [6.07, 6.45) is 5.41. The summed E-state index contributed by atoms with van der Waals surface area (Å²) in [6.45, 7) is 20.0. The van der Waals surface area contributed by atoms with E-state index in [0.29, 0.717) is 34.6 Å². The Bertz CT molecular complexity index is 2790. The van der Waals surface area contributed by atoms with Crippen LogP contribution in [0.4, 0.5) is 0 Å². The van der Waals surface area contributed by atoms with Gasteiger partial charge in [0.25, 0.3) is 0 Å². The molecular formula is C49H45Au2N7O3. The van der Waals surface area contributed by atoms with Crippen molar-refractivity contribution >= 4 is 0 Å². The van der Waals surface area contributed by atoms with Crippen LogP contribution in [0.2, 0.25) is 0 Å². The first-order chi connectivity index (χ1) is 28.2. The van der Waals surface area contributed by atoms with Gasteiger partial charge >= 0.3 is 44.8 Å². The first-order valence-electron chi connectivity index (χ1n) is 19.2. The van der Waals surface area contributed by atoms with Crippen LogP contribution in [-0.2, 0) is 51.8 Å². The van der Waals surface area contributed by atoms with Crippen molar-refractivity contribution in [3.8, 4) is 68.5 Å². The van der Waals surface area contributed by atoms with Crippen LogP contribution >= 0.6 is 0 Å². The van der Waals surface area contributed by atoms with Gasteiger partial charge < -0.3 is 39.2 Å². The van der Waals surface area contributed by atoms with Crippen molar-refractivity contribution in [1.82, 2.24) is 34.9 Å². The van der Waals surface area contributed by atoms with Crippen molar-refractivity contribution in [3.63, 3.8) is 0 Å². The van der Waals surface area contributed by atoms with Gasteiger partial charge in [0, 0.05) is 71.8 Å². The van der Waals surface area contributed by atoms with E-state index < -0.39 is 0 Å². The van der Waals surface area contributed by atoms with E-state index >= 15 is 0 Å². The zero-order valence-electron chi connectivity index (χ0n) is 35.9. The summed E-state index contributed by atoms with van der Waals surface area (Å²) in [4.78, 5) is 8.68. The molecule has 0 aliphatic carbocycles. The van der Waals surface area contributed by atoms with Crippen molar-refractivity contribution in [2.24, 2.45) is 7.05 Å². The molecule has 0 radical (unpaired) electrons. The van der Waals surface area contributed by atoms with Gasteiger partial charge in [0.2, 0.25) is 5.88 Å². The monoisotopic (exact) mass is 1170 g/mol. The van der Waals surface area contributed by atoms with Crippen LogP contribution in [0, 0.1) is 93.5 Å². The summed E-state index contributed by atoms with van der Waals surface area (Å²) in [6, 6.07) is 31.2. The second-order valence-corrected chi connectivity index (χ2v) is 14.9. The molecule has 316 valence electrons. The van der Waals surface area contributed by atoms with Crippen LogP contribution < -0.4 is 24.4 Å². The van der Waals surface area contributed by atoms with E-state index in [1.54, 1.807) is 18.5 Å². The summed E-state index contributed by atoms with van der Waals surface area (Å²) < 4.78 is 20.4. The molecule has 10 nitrogen and oxygen atoms in total. The largest absolute Gasteiger partial charge is 3.00 e. The molecular weight excluding hydrogens is 1130 g/mol. The van der Waals surface area contributed by atoms with E-state index in [1.807, 2.05) is 104 Å². The fraction of sp³-hybridized carbons (Fsp3) is 0.224. The zero-order valence-corrected chi connectivity index (χ0v) is 40.2. The maximum atomic E-state index is 6.30. The van der Waals surface area contributed by atoms with Gasteiger partial charge in [0.1, 0.15) is 0 Å². The zero-order chi connectivity index (χ0) is 42.0. The molecule has 4 aromatic carbocycles. The standard InChI is InChI=1S/C25H22N3O2.C24H23N4O.2Au/c1-15-10-16(2)22(13-20(15)21-12-19(5)27-28-21)29-23-14-24(18(4)11-17(23)3)30-25-8-6-7-9-26-25;1-14-9-16(3)22(12-19(14)21-11-18(5)26-27-21)29-23-13-20(15(2)10-17(23)4)24-25-7-8-28(24)6;;/h6-12H,1-5H3;7-11H,1-6H3;;/q2*-3;2*+3. The molecule has 8 rings (SSSR count). The molecule has 0 spiro atoms. The number of aromatic nitrogens is 7. The third-order valence-corrected chi connectivity index (χ3v) is 9.78. The number of aryl methyl sites for hydroxylation is 11. The molecule has 0 N–H and O–H groups in total. The second-order valence-electron chi connectivity index (χ2n) is 14.9. The molecule has 4 heterocycles. The first-order valence-corrected chi connectivity index (χ1v) is 19.2. The van der Waals surface area contributed by atoms with Crippen LogP contribution in [0.25, 0.3) is 33.9 Å². The van der Waals surface area contributed by atoms with E-state index in [0.717, 1.165) is 89.8 Å². The Labute approximate surface area is 389 Å². The predicted molar refractivity (Wildman–Crippen MR) is 228 cm³/mol. The molecule has 0 aliphatic heterocycles. The smallest absolute Gasteiger partial charge is 0.619 e. The van der Waals surface area contributed by atoms with Crippen LogP contribution in [0.3, 0.4) is 0 Å². The SMILES string of the molecule is Cc1cc(-c2[c-]c(Oc3[c-]c(-c4nccn4C)c(C)cc3C)c(C)cc2C)[n-]n1.Cc1cc(-c2[c-]c(Oc3[c-]c(Oc4ccccn4)c(C)cc3C)c(C)cc2C)[n-]n1.[Au+3].[Au+3]. The van der Waals surface area contributed by atoms with E-state index in [1.165, 1.54) is 0 Å². The van der Waals surface area contributed by atoms with Crippen LogP contribution in [0.1, 0.15) is 55.9 Å². The Balaban J connectivity index is 0.000000224. The Kier molecular flexibility index (Phi) is 15.2. The molecule has 0 atom stereocenters. The first kappa shape index (κ1) is 46.6. The summed E-state index contributed by atoms with van der Waals surface area (Å²) in [5.41, 5.74) is 14.3. The van der Waals surface area contributed by atoms with Crippen molar-refractivity contribution in [2.75, 3.05) is 0 Å². The Hall–Kier alpha value is -5.46. The topological polar surface area (TPSA) is 112 Å². The van der Waals surface area contributed by atoms with Gasteiger partial charge in [-0.25, -0.2) is 16.4 Å². The Morgan fingerprint density at radius 2 is 0.902 bits per heavy atom. The van der Waals surface area contributed by atoms with Gasteiger partial charge in [0.05, 0.1) is 5.82 Å². The van der Waals surface area contributed by atoms with Crippen LogP contribution in [0.5, 0.6) is 34.6 Å². The number of benzene rings is 4. The molecule has 0 unspecified atom stereocenters. The van der Waals surface area contributed by atoms with Crippen molar-refractivity contribution in [2.45, 2.75) is 69.2 Å². The fourth-order valence-electron chi connectivity index (χ4n) is 6.71. The maximum absolute atomic E-state index is 6.30. The number of imidazole rings is 1. The number of pyridine rings is 1. The third kappa shape index (κ3) is 10.7. The minimum Gasteiger partial charge on any atom is -0.619 e. The number of ether oxygens (including phenoxy) is 3. The van der Waals surface area contributed by atoms with Crippen molar-refractivity contribution < 1.29 is 59.0 Å². The third-order valence-electron chi connectivity index (χ3n) is 9.78. The number of hydrogen-bond acceptors (Lipinski definition) is 7. The Morgan fingerprint density at radius 1 is 0.475 bits per heavy atom. The molecule has 0 saturated heterocycles. The molecule has 0 bridgehead atoms. The molecule has 0 amide bonds. The second kappa shape index (κ2) is 19.9. The van der Waals surface area contributed by atoms with Gasteiger partial charge in [-0.1, -0.05) is 115 Å². The minimum atomic E-state index is 0. The van der Waals surface area contributed by atoms with Crippen molar-refractivity contribution in [3.05, 3.63) is 153 Å². The summed E-state index contributed by atoms with van der Waals surface area (Å²) in [5.74, 6) is 4.51. The van der Waals surface area contributed by atoms with E-state index in [4.69, 9.17) is 14.2 Å². The van der Waals surface area contributed by atoms with Crippen LogP contribution in [-0.4, -0.2) is 24.7 Å². The quantitative estimate of drug-likeness (QED) is 0.103. The number of nitrogens with zero attached hydrogens (tertiary/aromatic N) is 7. The van der Waals surface area contributed by atoms with E-state index in [-0.39, 0.29) is 44.8 Å². The van der Waals surface area contributed by atoms with Crippen LogP contribution in [0.15, 0.2) is 73.2 Å². The van der Waals surface area contributed by atoms with Gasteiger partial charge in [-0.3, -0.25) is 4.98 Å². The van der Waals surface area contributed by atoms with E-state index in [2.05, 4.69) is 86.7 Å². The summed E-state index contributed by atoms with van der Waals surface area (Å²) >= 11 is 0. The number of hydrogen-bond donors (Lipinski definition) is 0. The molecule has 12 heteroatoms. The minimum absolute atomic E-state index is 0. The predicted octanol–water partition coefficient (Wildman–Crippen LogP) is 10.9. The van der Waals surface area contributed by atoms with Gasteiger partial charge in [-0.05, 0) is 19.9 Å². The van der Waals surface area contributed by atoms with Gasteiger partial charge in [-0.15, -0.1) is 51.6 Å². The fourth-order valence-corrected chi connectivity index (χ4v) is 6.71. The molecule has 8 aromatic rings. The van der Waals surface area contributed by atoms with E-state index in [9.17, 15) is 0 Å². The molecule has 4 aromatic heterocycles. The average Bonchev–Trinajstić information content (AvgIpc) is 3.95. The van der Waals surface area contributed by atoms with Gasteiger partial charge in [0.15, 0.2) is 0 Å². The molecule has 0 aliphatic rings. The Morgan fingerprint density at radius 3 is 1.31 bits per heavy atom. The summed E-state index contributed by atoms with van der Waals surface area (Å²) in [7, 11) is 1.98. The number of rotatable bonds is 9. The summed E-state index contributed by atoms with van der Waals surface area (Å²) in [5, 5.41) is 16.7. The van der Waals surface area contributed by atoms with Gasteiger partial charge in [-0.2, -0.15) is 17.2 Å².